The van der Waals surface area contributed by atoms with Crippen molar-refractivity contribution in [2.24, 2.45) is 10.7 Å². The molecule has 0 radical (unpaired) electrons. The second kappa shape index (κ2) is 9.37. The zero-order valence-electron chi connectivity index (χ0n) is 14.6. The summed E-state index contributed by atoms with van der Waals surface area (Å²) in [6, 6.07) is 15.5. The number of amides is 1. The van der Waals surface area contributed by atoms with Crippen LogP contribution in [0.2, 0.25) is 0 Å². The number of benzene rings is 1. The van der Waals surface area contributed by atoms with Crippen LogP contribution < -0.4 is 11.1 Å². The quantitative estimate of drug-likeness (QED) is 0.602. The van der Waals surface area contributed by atoms with Crippen LogP contribution in [0.3, 0.4) is 0 Å². The summed E-state index contributed by atoms with van der Waals surface area (Å²) in [5.41, 5.74) is 8.38. The zero-order chi connectivity index (χ0) is 18.1. The Kier molecular flexibility index (Phi) is 6.89. The van der Waals surface area contributed by atoms with E-state index in [2.05, 4.69) is 15.3 Å². The predicted molar refractivity (Wildman–Crippen MR) is 101 cm³/mol. The van der Waals surface area contributed by atoms with Gasteiger partial charge in [0.05, 0.1) is 17.0 Å². The molecule has 0 bridgehead atoms. The molecule has 5 nitrogen and oxygen atoms in total. The van der Waals surface area contributed by atoms with Gasteiger partial charge in [0.25, 0.3) is 5.91 Å². The lowest BCUT2D eigenvalue weighted by molar-refractivity contribution is -0.117. The minimum absolute atomic E-state index is 0.0311. The summed E-state index contributed by atoms with van der Waals surface area (Å²) >= 11 is 0. The molecule has 130 valence electrons. The van der Waals surface area contributed by atoms with E-state index in [-0.39, 0.29) is 11.9 Å². The molecule has 0 aliphatic carbocycles. The third-order valence-corrected chi connectivity index (χ3v) is 3.65. The van der Waals surface area contributed by atoms with Crippen molar-refractivity contribution in [1.29, 1.82) is 0 Å². The molecule has 0 saturated heterocycles. The number of pyridine rings is 1. The van der Waals surface area contributed by atoms with Crippen molar-refractivity contribution >= 4 is 11.6 Å². The number of hydrogen-bond donors (Lipinski definition) is 2. The van der Waals surface area contributed by atoms with Crippen molar-refractivity contribution in [3.05, 3.63) is 77.8 Å². The lowest BCUT2D eigenvalue weighted by Gasteiger charge is -2.16. The molecule has 0 spiro atoms. The van der Waals surface area contributed by atoms with Gasteiger partial charge in [-0.3, -0.25) is 14.8 Å². The summed E-state index contributed by atoms with van der Waals surface area (Å²) in [6.07, 6.45) is 3.71. The van der Waals surface area contributed by atoms with Crippen molar-refractivity contribution in [2.75, 3.05) is 6.54 Å². The third-order valence-electron chi connectivity index (χ3n) is 3.65. The van der Waals surface area contributed by atoms with Crippen LogP contribution in [0, 0.1) is 0 Å². The fraction of sp³-hybridized carbons (Fsp3) is 0.250. The third kappa shape index (κ3) is 5.28. The van der Waals surface area contributed by atoms with Crippen LogP contribution in [-0.4, -0.2) is 29.2 Å². The fourth-order valence-electron chi connectivity index (χ4n) is 2.55. The first-order valence-corrected chi connectivity index (χ1v) is 8.38. The van der Waals surface area contributed by atoms with Gasteiger partial charge in [-0.05, 0) is 38.0 Å². The number of hydrogen-bond acceptors (Lipinski definition) is 4. The van der Waals surface area contributed by atoms with Crippen molar-refractivity contribution in [2.45, 2.75) is 26.3 Å². The van der Waals surface area contributed by atoms with Crippen molar-refractivity contribution in [1.82, 2.24) is 10.3 Å². The highest BCUT2D eigenvalue weighted by Crippen LogP contribution is 2.09. The average molecular weight is 336 g/mol. The Morgan fingerprint density at radius 3 is 2.56 bits per heavy atom. The van der Waals surface area contributed by atoms with Crippen LogP contribution in [0.1, 0.15) is 25.1 Å². The van der Waals surface area contributed by atoms with Gasteiger partial charge in [0, 0.05) is 25.0 Å². The van der Waals surface area contributed by atoms with E-state index >= 15 is 0 Å². The molecule has 0 aliphatic heterocycles. The predicted octanol–water partition coefficient (Wildman–Crippen LogP) is 2.48. The molecule has 1 unspecified atom stereocenters. The lowest BCUT2D eigenvalue weighted by Crippen LogP contribution is -2.37. The maximum atomic E-state index is 12.7. The maximum Gasteiger partial charge on any atom is 0.255 e. The van der Waals surface area contributed by atoms with E-state index in [0.29, 0.717) is 23.5 Å². The number of carbonyl (C=O) groups excluding carboxylic acids is 1. The Hall–Kier alpha value is -2.95. The van der Waals surface area contributed by atoms with E-state index in [0.717, 1.165) is 6.42 Å². The second-order valence-electron chi connectivity index (χ2n) is 5.68. The van der Waals surface area contributed by atoms with E-state index in [1.54, 1.807) is 6.20 Å². The number of rotatable bonds is 7. The van der Waals surface area contributed by atoms with Crippen LogP contribution in [0.4, 0.5) is 0 Å². The Morgan fingerprint density at radius 1 is 1.24 bits per heavy atom. The first-order chi connectivity index (χ1) is 12.2. The monoisotopic (exact) mass is 336 g/mol. The minimum Gasteiger partial charge on any atom is -0.404 e. The standard InChI is InChI=1S/C20H24N4O/c1-3-22-19(18-11-7-8-12-23-18)17(14-21)20(25)24-15(2)13-16-9-5-4-6-10-16/h4-12,14-15H,3,13,21H2,1-2H3,(H,24,25)/b17-14+,22-19?. The van der Waals surface area contributed by atoms with Gasteiger partial charge < -0.3 is 11.1 Å². The van der Waals surface area contributed by atoms with Gasteiger partial charge in [-0.15, -0.1) is 0 Å². The molecule has 3 N–H and O–H groups in total. The van der Waals surface area contributed by atoms with Crippen LogP contribution in [0.5, 0.6) is 0 Å². The summed E-state index contributed by atoms with van der Waals surface area (Å²) in [7, 11) is 0. The number of aromatic nitrogens is 1. The first-order valence-electron chi connectivity index (χ1n) is 8.38. The van der Waals surface area contributed by atoms with E-state index in [9.17, 15) is 4.79 Å². The van der Waals surface area contributed by atoms with Crippen LogP contribution in [-0.2, 0) is 11.2 Å². The normalized spacial score (nSPS) is 13.4. The zero-order valence-corrected chi connectivity index (χ0v) is 14.6. The summed E-state index contributed by atoms with van der Waals surface area (Å²) in [4.78, 5) is 21.4. The number of carbonyl (C=O) groups is 1. The molecule has 5 heteroatoms. The molecule has 0 aliphatic rings. The summed E-state index contributed by atoms with van der Waals surface area (Å²) in [5, 5.41) is 2.99. The lowest BCUT2D eigenvalue weighted by atomic mass is 10.0. The molecule has 1 aromatic heterocycles. The Morgan fingerprint density at radius 2 is 1.96 bits per heavy atom. The highest BCUT2D eigenvalue weighted by atomic mass is 16.1. The molecule has 1 heterocycles. The first kappa shape index (κ1) is 18.4. The molecule has 1 atom stereocenters. The maximum absolute atomic E-state index is 12.7. The fourth-order valence-corrected chi connectivity index (χ4v) is 2.55. The molecule has 2 aromatic rings. The van der Waals surface area contributed by atoms with E-state index in [1.165, 1.54) is 11.8 Å². The van der Waals surface area contributed by atoms with Crippen LogP contribution >= 0.6 is 0 Å². The van der Waals surface area contributed by atoms with Gasteiger partial charge in [-0.2, -0.15) is 0 Å². The Balaban J connectivity index is 2.13. The second-order valence-corrected chi connectivity index (χ2v) is 5.68. The highest BCUT2D eigenvalue weighted by Gasteiger charge is 2.20. The molecule has 1 amide bonds. The topological polar surface area (TPSA) is 80.4 Å². The van der Waals surface area contributed by atoms with Crippen molar-refractivity contribution in [3.8, 4) is 0 Å². The average Bonchev–Trinajstić information content (AvgIpc) is 2.63. The Bertz CT molecular complexity index is 739. The van der Waals surface area contributed by atoms with Gasteiger partial charge in [0.15, 0.2) is 0 Å². The van der Waals surface area contributed by atoms with Gasteiger partial charge >= 0.3 is 0 Å². The van der Waals surface area contributed by atoms with Crippen molar-refractivity contribution in [3.63, 3.8) is 0 Å². The van der Waals surface area contributed by atoms with Gasteiger partial charge in [0.1, 0.15) is 0 Å². The molecular formula is C20H24N4O. The molecular weight excluding hydrogens is 312 g/mol. The van der Waals surface area contributed by atoms with E-state index in [1.807, 2.05) is 62.4 Å². The minimum atomic E-state index is -0.246. The summed E-state index contributed by atoms with van der Waals surface area (Å²) in [5.74, 6) is -0.246. The molecule has 25 heavy (non-hydrogen) atoms. The highest BCUT2D eigenvalue weighted by molar-refractivity contribution is 6.27. The molecule has 0 fully saturated rings. The SMILES string of the molecule is CCN=C(/C(=C\N)C(=O)NC(C)Cc1ccccc1)c1ccccn1. The molecule has 1 aromatic carbocycles. The summed E-state index contributed by atoms with van der Waals surface area (Å²) < 4.78 is 0. The summed E-state index contributed by atoms with van der Waals surface area (Å²) in [6.45, 7) is 4.42. The largest absolute Gasteiger partial charge is 0.404 e. The van der Waals surface area contributed by atoms with Gasteiger partial charge in [-0.25, -0.2) is 0 Å². The smallest absolute Gasteiger partial charge is 0.255 e. The number of nitrogens with zero attached hydrogens (tertiary/aromatic N) is 2. The number of nitrogens with one attached hydrogen (secondary N) is 1. The van der Waals surface area contributed by atoms with Crippen LogP contribution in [0.15, 0.2) is 71.5 Å². The van der Waals surface area contributed by atoms with Gasteiger partial charge in [-0.1, -0.05) is 36.4 Å². The van der Waals surface area contributed by atoms with Gasteiger partial charge in [0.2, 0.25) is 0 Å². The molecule has 2 rings (SSSR count). The number of nitrogens with two attached hydrogens (primary N) is 1. The van der Waals surface area contributed by atoms with E-state index in [4.69, 9.17) is 5.73 Å². The Labute approximate surface area is 148 Å². The van der Waals surface area contributed by atoms with Crippen LogP contribution in [0.25, 0.3) is 0 Å². The van der Waals surface area contributed by atoms with E-state index < -0.39 is 0 Å². The number of aliphatic imine (C=N–C) groups is 1. The molecule has 0 saturated carbocycles. The van der Waals surface area contributed by atoms with Crippen molar-refractivity contribution < 1.29 is 4.79 Å².